The Morgan fingerprint density at radius 1 is 1.14 bits per heavy atom. The van der Waals surface area contributed by atoms with Crippen LogP contribution >= 0.6 is 0 Å². The van der Waals surface area contributed by atoms with Gasteiger partial charge in [-0.15, -0.1) is 0 Å². The van der Waals surface area contributed by atoms with Gasteiger partial charge in [0, 0.05) is 11.8 Å². The van der Waals surface area contributed by atoms with Gasteiger partial charge < -0.3 is 19.9 Å². The summed E-state index contributed by atoms with van der Waals surface area (Å²) >= 11 is 0. The van der Waals surface area contributed by atoms with Gasteiger partial charge in [-0.1, -0.05) is 18.2 Å². The van der Waals surface area contributed by atoms with Crippen molar-refractivity contribution in [2.75, 3.05) is 55.0 Å². The molecule has 2 N–H and O–H groups in total. The summed E-state index contributed by atoms with van der Waals surface area (Å²) in [7, 11) is 1.67. The van der Waals surface area contributed by atoms with Crippen molar-refractivity contribution >= 4 is 28.9 Å². The Balaban J connectivity index is 1.42. The van der Waals surface area contributed by atoms with E-state index in [0.717, 1.165) is 43.3 Å². The highest BCUT2D eigenvalue weighted by atomic mass is 16.5. The summed E-state index contributed by atoms with van der Waals surface area (Å²) in [6, 6.07) is 15.3. The van der Waals surface area contributed by atoms with E-state index in [1.807, 2.05) is 49.4 Å². The van der Waals surface area contributed by atoms with Crippen LogP contribution in [0.2, 0.25) is 0 Å². The fraction of sp³-hybridized carbons (Fsp3) is 0.364. The minimum atomic E-state index is -0.207. The molecule has 0 bridgehead atoms. The first-order chi connectivity index (χ1) is 14.1. The average molecular weight is 395 g/mol. The molecule has 0 unspecified atom stereocenters. The van der Waals surface area contributed by atoms with Crippen LogP contribution in [0.25, 0.3) is 0 Å². The molecule has 0 aliphatic carbocycles. The molecule has 2 amide bonds. The third kappa shape index (κ3) is 3.91. The first-order valence-electron chi connectivity index (χ1n) is 10.0. The number of para-hydroxylation sites is 2. The Hall–Kier alpha value is -3.06. The van der Waals surface area contributed by atoms with Crippen LogP contribution in [0, 0.1) is 0 Å². The third-order valence-corrected chi connectivity index (χ3v) is 5.84. The van der Waals surface area contributed by atoms with E-state index in [0.29, 0.717) is 5.69 Å². The number of benzene rings is 2. The van der Waals surface area contributed by atoms with Gasteiger partial charge in [0.25, 0.3) is 5.91 Å². The number of hydrogen-bond donors (Lipinski definition) is 2. The number of carbonyl (C=O) groups excluding carboxylic acids is 2. The molecule has 4 rings (SSSR count). The first kappa shape index (κ1) is 19.3. The van der Waals surface area contributed by atoms with Gasteiger partial charge in [0.1, 0.15) is 12.3 Å². The van der Waals surface area contributed by atoms with Crippen LogP contribution in [-0.4, -0.2) is 57.7 Å². The van der Waals surface area contributed by atoms with Crippen LogP contribution < -0.4 is 24.8 Å². The Morgan fingerprint density at radius 3 is 2.66 bits per heavy atom. The van der Waals surface area contributed by atoms with Gasteiger partial charge in [-0.3, -0.25) is 14.5 Å². The SMILES string of the molecule is COc1cccc(N2CC[NH+]([C@H](C)C(=O)N3CC(=O)Nc4ccccc43)CC2)c1. The smallest absolute Gasteiger partial charge is 0.285 e. The number of nitrogens with zero attached hydrogens (tertiary/aromatic N) is 2. The van der Waals surface area contributed by atoms with Crippen molar-refractivity contribution in [2.24, 2.45) is 0 Å². The van der Waals surface area contributed by atoms with Gasteiger partial charge in [0.2, 0.25) is 5.91 Å². The van der Waals surface area contributed by atoms with Crippen molar-refractivity contribution in [1.29, 1.82) is 0 Å². The lowest BCUT2D eigenvalue weighted by atomic mass is 10.1. The van der Waals surface area contributed by atoms with E-state index in [4.69, 9.17) is 4.74 Å². The molecule has 2 aliphatic heterocycles. The maximum absolute atomic E-state index is 13.2. The molecule has 7 nitrogen and oxygen atoms in total. The fourth-order valence-electron chi connectivity index (χ4n) is 4.13. The van der Waals surface area contributed by atoms with Gasteiger partial charge in [0.05, 0.1) is 44.7 Å². The number of piperazine rings is 1. The molecular formula is C22H27N4O3+. The minimum absolute atomic E-state index is 0.00266. The number of carbonyl (C=O) groups is 2. The highest BCUT2D eigenvalue weighted by Crippen LogP contribution is 2.29. The molecule has 152 valence electrons. The molecule has 0 spiro atoms. The second-order valence-electron chi connectivity index (χ2n) is 7.56. The van der Waals surface area contributed by atoms with E-state index < -0.39 is 0 Å². The Kier molecular flexibility index (Phi) is 5.40. The molecule has 29 heavy (non-hydrogen) atoms. The second-order valence-corrected chi connectivity index (χ2v) is 7.56. The maximum atomic E-state index is 13.2. The fourth-order valence-corrected chi connectivity index (χ4v) is 4.13. The number of methoxy groups -OCH3 is 1. The number of hydrogen-bond acceptors (Lipinski definition) is 4. The molecule has 2 aromatic rings. The average Bonchev–Trinajstić information content (AvgIpc) is 2.77. The van der Waals surface area contributed by atoms with Crippen molar-refractivity contribution in [3.05, 3.63) is 48.5 Å². The van der Waals surface area contributed by atoms with Crippen LogP contribution in [0.3, 0.4) is 0 Å². The van der Waals surface area contributed by atoms with E-state index >= 15 is 0 Å². The summed E-state index contributed by atoms with van der Waals surface area (Å²) in [5, 5.41) is 2.84. The first-order valence-corrected chi connectivity index (χ1v) is 10.0. The zero-order valence-electron chi connectivity index (χ0n) is 16.9. The van der Waals surface area contributed by atoms with E-state index in [-0.39, 0.29) is 24.4 Å². The predicted octanol–water partition coefficient (Wildman–Crippen LogP) is 0.774. The second kappa shape index (κ2) is 8.13. The number of fused-ring (bicyclic) bond motifs is 1. The Morgan fingerprint density at radius 2 is 1.90 bits per heavy atom. The minimum Gasteiger partial charge on any atom is -0.497 e. The van der Waals surface area contributed by atoms with Crippen LogP contribution in [0.5, 0.6) is 5.75 Å². The monoisotopic (exact) mass is 395 g/mol. The lowest BCUT2D eigenvalue weighted by Crippen LogP contribution is -3.19. The summed E-state index contributed by atoms with van der Waals surface area (Å²) in [5.41, 5.74) is 2.62. The molecule has 1 atom stereocenters. The van der Waals surface area contributed by atoms with Gasteiger partial charge in [-0.25, -0.2) is 0 Å². The number of ether oxygens (including phenoxy) is 1. The van der Waals surface area contributed by atoms with Crippen molar-refractivity contribution in [2.45, 2.75) is 13.0 Å². The van der Waals surface area contributed by atoms with Gasteiger partial charge in [-0.05, 0) is 31.2 Å². The topological polar surface area (TPSA) is 66.3 Å². The normalized spacial score (nSPS) is 18.1. The van der Waals surface area contributed by atoms with Crippen molar-refractivity contribution in [3.63, 3.8) is 0 Å². The number of nitrogens with one attached hydrogen (secondary N) is 2. The van der Waals surface area contributed by atoms with E-state index in [2.05, 4.69) is 16.3 Å². The molecule has 1 saturated heterocycles. The summed E-state index contributed by atoms with van der Waals surface area (Å²) in [6.07, 6.45) is 0. The summed E-state index contributed by atoms with van der Waals surface area (Å²) in [5.74, 6) is 0.696. The Bertz CT molecular complexity index is 908. The quantitative estimate of drug-likeness (QED) is 0.803. The largest absolute Gasteiger partial charge is 0.497 e. The Labute approximate surface area is 170 Å². The maximum Gasteiger partial charge on any atom is 0.285 e. The molecule has 0 saturated carbocycles. The predicted molar refractivity (Wildman–Crippen MR) is 113 cm³/mol. The van der Waals surface area contributed by atoms with Crippen molar-refractivity contribution in [1.82, 2.24) is 0 Å². The summed E-state index contributed by atoms with van der Waals surface area (Å²) < 4.78 is 5.33. The molecule has 0 aromatic heterocycles. The van der Waals surface area contributed by atoms with Crippen molar-refractivity contribution in [3.8, 4) is 5.75 Å². The molecule has 1 fully saturated rings. The highest BCUT2D eigenvalue weighted by Gasteiger charge is 2.36. The zero-order chi connectivity index (χ0) is 20.4. The van der Waals surface area contributed by atoms with Gasteiger partial charge in [0.15, 0.2) is 6.04 Å². The summed E-state index contributed by atoms with van der Waals surface area (Å²) in [6.45, 7) is 5.52. The zero-order valence-corrected chi connectivity index (χ0v) is 16.9. The van der Waals surface area contributed by atoms with Gasteiger partial charge in [-0.2, -0.15) is 0 Å². The third-order valence-electron chi connectivity index (χ3n) is 5.84. The highest BCUT2D eigenvalue weighted by molar-refractivity contribution is 6.10. The molecule has 0 radical (unpaired) electrons. The molecule has 7 heteroatoms. The van der Waals surface area contributed by atoms with Crippen LogP contribution in [0.4, 0.5) is 17.1 Å². The van der Waals surface area contributed by atoms with Crippen LogP contribution in [-0.2, 0) is 9.59 Å². The molecule has 2 aromatic carbocycles. The standard InChI is InChI=1S/C22H26N4O3/c1-16(22(28)26-15-21(27)23-19-8-3-4-9-20(19)26)24-10-12-25(13-11-24)17-6-5-7-18(14-17)29-2/h3-9,14,16H,10-13,15H2,1-2H3,(H,23,27)/p+1/t16-/m1/s1. The van der Waals surface area contributed by atoms with Crippen LogP contribution in [0.15, 0.2) is 48.5 Å². The number of anilines is 3. The van der Waals surface area contributed by atoms with Crippen molar-refractivity contribution < 1.29 is 19.2 Å². The molecule has 2 heterocycles. The van der Waals surface area contributed by atoms with Gasteiger partial charge >= 0.3 is 0 Å². The van der Waals surface area contributed by atoms with Crippen LogP contribution in [0.1, 0.15) is 6.92 Å². The molecular weight excluding hydrogens is 368 g/mol. The molecule has 2 aliphatic rings. The number of rotatable bonds is 4. The van der Waals surface area contributed by atoms with E-state index in [1.54, 1.807) is 12.0 Å². The number of amides is 2. The lowest BCUT2D eigenvalue weighted by molar-refractivity contribution is -0.914. The number of quaternary nitrogens is 1. The summed E-state index contributed by atoms with van der Waals surface area (Å²) in [4.78, 5) is 30.5. The lowest BCUT2D eigenvalue weighted by Gasteiger charge is -2.38. The van der Waals surface area contributed by atoms with E-state index in [9.17, 15) is 9.59 Å². The van der Waals surface area contributed by atoms with E-state index in [1.165, 1.54) is 4.90 Å².